The molecule has 0 unspecified atom stereocenters. The molecule has 0 aliphatic carbocycles. The van der Waals surface area contributed by atoms with Crippen LogP contribution in [-0.4, -0.2) is 48.7 Å². The fourth-order valence-electron chi connectivity index (χ4n) is 3.02. The number of pyridine rings is 1. The molecule has 27 heavy (non-hydrogen) atoms. The molecule has 2 heterocycles. The molecule has 6 nitrogen and oxygen atoms in total. The number of rotatable bonds is 6. The zero-order valence-corrected chi connectivity index (χ0v) is 16.4. The maximum atomic E-state index is 12.5. The Morgan fingerprint density at radius 2 is 1.85 bits per heavy atom. The molecule has 1 fully saturated rings. The van der Waals surface area contributed by atoms with Gasteiger partial charge in [-0.1, -0.05) is 12.1 Å². The van der Waals surface area contributed by atoms with Crippen LogP contribution in [0.1, 0.15) is 25.8 Å². The maximum Gasteiger partial charge on any atom is 0.227 e. The molecule has 1 saturated heterocycles. The Balaban J connectivity index is 1.56. The van der Waals surface area contributed by atoms with Gasteiger partial charge in [-0.3, -0.25) is 9.78 Å². The van der Waals surface area contributed by atoms with Gasteiger partial charge in [0.15, 0.2) is 9.84 Å². The summed E-state index contributed by atoms with van der Waals surface area (Å²) in [4.78, 5) is 18.6. The second-order valence-corrected chi connectivity index (χ2v) is 9.47. The largest absolute Gasteiger partial charge is 0.488 e. The van der Waals surface area contributed by atoms with Crippen molar-refractivity contribution in [1.82, 2.24) is 9.88 Å². The molecule has 0 saturated carbocycles. The molecule has 0 N–H and O–H groups in total. The zero-order valence-electron chi connectivity index (χ0n) is 15.5. The molecule has 0 bridgehead atoms. The smallest absolute Gasteiger partial charge is 0.227 e. The van der Waals surface area contributed by atoms with Crippen LogP contribution in [0.3, 0.4) is 0 Å². The number of carbonyl (C=O) groups is 1. The lowest BCUT2D eigenvalue weighted by atomic mass is 10.1. The van der Waals surface area contributed by atoms with Gasteiger partial charge < -0.3 is 9.64 Å². The summed E-state index contributed by atoms with van der Waals surface area (Å²) < 4.78 is 30.2. The fraction of sp³-hybridized carbons (Fsp3) is 0.400. The summed E-state index contributed by atoms with van der Waals surface area (Å²) in [5.41, 5.74) is 0.807. The van der Waals surface area contributed by atoms with E-state index in [4.69, 9.17) is 4.74 Å². The number of sulfone groups is 1. The average Bonchev–Trinajstić information content (AvgIpc) is 3.11. The molecule has 1 aliphatic heterocycles. The molecule has 1 aromatic heterocycles. The van der Waals surface area contributed by atoms with E-state index in [-0.39, 0.29) is 18.4 Å². The molecule has 1 aliphatic rings. The van der Waals surface area contributed by atoms with Crippen molar-refractivity contribution < 1.29 is 17.9 Å². The van der Waals surface area contributed by atoms with E-state index >= 15 is 0 Å². The Hall–Kier alpha value is -2.41. The van der Waals surface area contributed by atoms with Gasteiger partial charge in [-0.15, -0.1) is 0 Å². The van der Waals surface area contributed by atoms with Crippen LogP contribution in [0.4, 0.5) is 0 Å². The van der Waals surface area contributed by atoms with Gasteiger partial charge in [-0.2, -0.15) is 0 Å². The van der Waals surface area contributed by atoms with E-state index in [9.17, 15) is 13.2 Å². The normalized spacial score (nSPS) is 17.3. The van der Waals surface area contributed by atoms with Crippen molar-refractivity contribution in [3.8, 4) is 5.75 Å². The third-order valence-corrected chi connectivity index (χ3v) is 6.85. The van der Waals surface area contributed by atoms with Gasteiger partial charge in [0.2, 0.25) is 5.91 Å². The number of nitrogens with zero attached hydrogens (tertiary/aromatic N) is 2. The van der Waals surface area contributed by atoms with Crippen molar-refractivity contribution in [2.24, 2.45) is 0 Å². The van der Waals surface area contributed by atoms with Gasteiger partial charge in [0.1, 0.15) is 11.9 Å². The third kappa shape index (κ3) is 4.66. The van der Waals surface area contributed by atoms with Gasteiger partial charge in [0.05, 0.1) is 23.1 Å². The summed E-state index contributed by atoms with van der Waals surface area (Å²) in [6, 6.07) is 10.2. The van der Waals surface area contributed by atoms with Crippen LogP contribution in [0.5, 0.6) is 5.75 Å². The van der Waals surface area contributed by atoms with Crippen LogP contribution >= 0.6 is 0 Å². The molecule has 1 amide bonds. The van der Waals surface area contributed by atoms with Crippen molar-refractivity contribution in [2.75, 3.05) is 13.1 Å². The maximum absolute atomic E-state index is 12.5. The highest BCUT2D eigenvalue weighted by atomic mass is 32.2. The molecule has 144 valence electrons. The number of hydrogen-bond acceptors (Lipinski definition) is 5. The number of likely N-dealkylation sites (tertiary alicyclic amines) is 1. The summed E-state index contributed by atoms with van der Waals surface area (Å²) >= 11 is 0. The first-order valence-corrected chi connectivity index (χ1v) is 10.6. The Morgan fingerprint density at radius 3 is 2.48 bits per heavy atom. The highest BCUT2D eigenvalue weighted by Gasteiger charge is 2.27. The van der Waals surface area contributed by atoms with Crippen LogP contribution in [-0.2, 0) is 21.1 Å². The second kappa shape index (κ2) is 8.08. The molecular weight excluding hydrogens is 364 g/mol. The Bertz CT molecular complexity index is 880. The van der Waals surface area contributed by atoms with Crippen molar-refractivity contribution in [3.05, 3.63) is 54.4 Å². The van der Waals surface area contributed by atoms with Crippen molar-refractivity contribution in [2.45, 2.75) is 42.9 Å². The van der Waals surface area contributed by atoms with E-state index in [1.165, 1.54) is 0 Å². The summed E-state index contributed by atoms with van der Waals surface area (Å²) in [7, 11) is -3.29. The van der Waals surface area contributed by atoms with E-state index < -0.39 is 15.1 Å². The molecule has 2 aromatic rings. The number of benzene rings is 1. The SMILES string of the molecule is CC(C)S(=O)(=O)c1ccc(CC(=O)N2CC[C@@H](Oc3ccncc3)C2)cc1. The molecule has 1 aromatic carbocycles. The third-order valence-electron chi connectivity index (χ3n) is 4.68. The van der Waals surface area contributed by atoms with Gasteiger partial charge in [0.25, 0.3) is 0 Å². The van der Waals surface area contributed by atoms with E-state index in [2.05, 4.69) is 4.98 Å². The first-order chi connectivity index (χ1) is 12.9. The molecular formula is C20H24N2O4S. The molecule has 3 rings (SSSR count). The Morgan fingerprint density at radius 1 is 1.19 bits per heavy atom. The highest BCUT2D eigenvalue weighted by Crippen LogP contribution is 2.20. The lowest BCUT2D eigenvalue weighted by Gasteiger charge is -2.17. The number of hydrogen-bond donors (Lipinski definition) is 0. The van der Waals surface area contributed by atoms with Crippen molar-refractivity contribution in [3.63, 3.8) is 0 Å². The minimum absolute atomic E-state index is 0.0186. The molecule has 1 atom stereocenters. The van der Waals surface area contributed by atoms with Gasteiger partial charge in [0, 0.05) is 25.4 Å². The summed E-state index contributed by atoms with van der Waals surface area (Å²) in [6.07, 6.45) is 4.38. The molecule has 7 heteroatoms. The average molecular weight is 388 g/mol. The number of aromatic nitrogens is 1. The number of amides is 1. The van der Waals surface area contributed by atoms with Gasteiger partial charge in [-0.05, 0) is 43.7 Å². The summed E-state index contributed by atoms with van der Waals surface area (Å²) in [5.74, 6) is 0.779. The monoisotopic (exact) mass is 388 g/mol. The topological polar surface area (TPSA) is 76.6 Å². The van der Waals surface area contributed by atoms with Crippen LogP contribution in [0.25, 0.3) is 0 Å². The number of ether oxygens (including phenoxy) is 1. The van der Waals surface area contributed by atoms with Crippen LogP contribution < -0.4 is 4.74 Å². The van der Waals surface area contributed by atoms with E-state index in [0.717, 1.165) is 17.7 Å². The minimum Gasteiger partial charge on any atom is -0.488 e. The van der Waals surface area contributed by atoms with E-state index in [0.29, 0.717) is 18.0 Å². The predicted molar refractivity (Wildman–Crippen MR) is 102 cm³/mol. The second-order valence-electron chi connectivity index (χ2n) is 6.97. The predicted octanol–water partition coefficient (Wildman–Crippen LogP) is 2.49. The fourth-order valence-corrected chi connectivity index (χ4v) is 4.08. The minimum atomic E-state index is -3.29. The van der Waals surface area contributed by atoms with Crippen molar-refractivity contribution >= 4 is 15.7 Å². The highest BCUT2D eigenvalue weighted by molar-refractivity contribution is 7.92. The lowest BCUT2D eigenvalue weighted by Crippen LogP contribution is -2.32. The summed E-state index contributed by atoms with van der Waals surface area (Å²) in [5, 5.41) is -0.466. The van der Waals surface area contributed by atoms with Gasteiger partial charge >= 0.3 is 0 Å². The van der Waals surface area contributed by atoms with Crippen LogP contribution in [0.2, 0.25) is 0 Å². The molecule has 0 spiro atoms. The van der Waals surface area contributed by atoms with E-state index in [1.54, 1.807) is 67.5 Å². The standard InChI is InChI=1S/C20H24N2O4S/c1-15(2)27(24,25)19-5-3-16(4-6-19)13-20(23)22-12-9-18(14-22)26-17-7-10-21-11-8-17/h3-8,10-11,15,18H,9,12-14H2,1-2H3/t18-/m1/s1. The Labute approximate surface area is 160 Å². The summed E-state index contributed by atoms with van der Waals surface area (Å²) in [6.45, 7) is 4.53. The number of carbonyl (C=O) groups excluding carboxylic acids is 1. The first-order valence-electron chi connectivity index (χ1n) is 9.03. The van der Waals surface area contributed by atoms with E-state index in [1.807, 2.05) is 0 Å². The molecule has 0 radical (unpaired) electrons. The van der Waals surface area contributed by atoms with Crippen LogP contribution in [0, 0.1) is 0 Å². The Kier molecular flexibility index (Phi) is 5.79. The van der Waals surface area contributed by atoms with Crippen molar-refractivity contribution in [1.29, 1.82) is 0 Å². The quantitative estimate of drug-likeness (QED) is 0.760. The lowest BCUT2D eigenvalue weighted by molar-refractivity contribution is -0.129. The first kappa shape index (κ1) is 19.4. The van der Waals surface area contributed by atoms with Crippen LogP contribution in [0.15, 0.2) is 53.7 Å². The van der Waals surface area contributed by atoms with Gasteiger partial charge in [-0.25, -0.2) is 8.42 Å². The zero-order chi connectivity index (χ0) is 19.4.